The third-order valence-electron chi connectivity index (χ3n) is 4.90. The summed E-state index contributed by atoms with van der Waals surface area (Å²) < 4.78 is 28.8. The first-order valence-electron chi connectivity index (χ1n) is 9.16. The molecule has 0 aliphatic carbocycles. The van der Waals surface area contributed by atoms with Gasteiger partial charge in [0.15, 0.2) is 9.84 Å². The van der Waals surface area contributed by atoms with Crippen LogP contribution in [-0.2, 0) is 14.6 Å². The number of hydrogen-bond acceptors (Lipinski definition) is 4. The van der Waals surface area contributed by atoms with E-state index in [1.807, 2.05) is 54.6 Å². The summed E-state index contributed by atoms with van der Waals surface area (Å²) in [6.07, 6.45) is 1.18. The monoisotopic (exact) mass is 387 g/mol. The summed E-state index contributed by atoms with van der Waals surface area (Å²) in [7, 11) is -1.44. The van der Waals surface area contributed by atoms with Crippen LogP contribution in [-0.4, -0.2) is 57.0 Å². The molecule has 1 heterocycles. The van der Waals surface area contributed by atoms with Crippen LogP contribution in [0.2, 0.25) is 0 Å². The van der Waals surface area contributed by atoms with Crippen molar-refractivity contribution >= 4 is 15.7 Å². The first-order chi connectivity index (χ1) is 13.0. The number of carbonyl (C=O) groups excluding carboxylic acids is 1. The van der Waals surface area contributed by atoms with E-state index in [-0.39, 0.29) is 23.5 Å². The van der Waals surface area contributed by atoms with E-state index in [1.54, 1.807) is 12.0 Å². The molecule has 3 rings (SSSR count). The van der Waals surface area contributed by atoms with Crippen LogP contribution in [0.5, 0.6) is 0 Å². The van der Waals surface area contributed by atoms with Gasteiger partial charge in [0, 0.05) is 31.9 Å². The van der Waals surface area contributed by atoms with Gasteiger partial charge in [-0.3, -0.25) is 4.79 Å². The number of rotatable bonds is 7. The zero-order valence-corrected chi connectivity index (χ0v) is 16.3. The lowest BCUT2D eigenvalue weighted by atomic mass is 10.0. The second-order valence-electron chi connectivity index (χ2n) is 6.85. The number of methoxy groups -OCH3 is 1. The molecule has 0 aromatic heterocycles. The molecule has 27 heavy (non-hydrogen) atoms. The SMILES string of the molecule is COCCCN(C(=O)c1ccc(-c2ccccc2)cc1)C1CCS(=O)(=O)C1. The minimum atomic E-state index is -3.05. The molecule has 1 atom stereocenters. The van der Waals surface area contributed by atoms with Crippen molar-refractivity contribution in [2.75, 3.05) is 31.8 Å². The van der Waals surface area contributed by atoms with Gasteiger partial charge in [-0.2, -0.15) is 0 Å². The van der Waals surface area contributed by atoms with Crippen molar-refractivity contribution in [3.05, 3.63) is 60.2 Å². The van der Waals surface area contributed by atoms with Gasteiger partial charge in [0.1, 0.15) is 0 Å². The quantitative estimate of drug-likeness (QED) is 0.685. The standard InChI is InChI=1S/C21H25NO4S/c1-26-14-5-13-22(20-12-15-27(24,25)16-20)21(23)19-10-8-18(9-11-19)17-6-3-2-4-7-17/h2-4,6-11,20H,5,12-16H2,1H3. The van der Waals surface area contributed by atoms with Crippen LogP contribution >= 0.6 is 0 Å². The number of amides is 1. The van der Waals surface area contributed by atoms with Crippen molar-refractivity contribution in [3.8, 4) is 11.1 Å². The van der Waals surface area contributed by atoms with Crippen LogP contribution in [0, 0.1) is 0 Å². The highest BCUT2D eigenvalue weighted by molar-refractivity contribution is 7.91. The summed E-state index contributed by atoms with van der Waals surface area (Å²) in [5, 5.41) is 0. The maximum absolute atomic E-state index is 13.1. The van der Waals surface area contributed by atoms with E-state index in [4.69, 9.17) is 4.74 Å². The fraction of sp³-hybridized carbons (Fsp3) is 0.381. The minimum absolute atomic E-state index is 0.0494. The summed E-state index contributed by atoms with van der Waals surface area (Å²) >= 11 is 0. The van der Waals surface area contributed by atoms with Gasteiger partial charge in [0.25, 0.3) is 5.91 Å². The Hall–Kier alpha value is -2.18. The van der Waals surface area contributed by atoms with Crippen LogP contribution < -0.4 is 0 Å². The van der Waals surface area contributed by atoms with E-state index in [1.165, 1.54) is 0 Å². The van der Waals surface area contributed by atoms with Gasteiger partial charge in [-0.05, 0) is 36.1 Å². The molecule has 1 unspecified atom stereocenters. The van der Waals surface area contributed by atoms with Crippen molar-refractivity contribution in [3.63, 3.8) is 0 Å². The molecule has 1 aliphatic heterocycles. The Balaban J connectivity index is 1.78. The fourth-order valence-corrected chi connectivity index (χ4v) is 5.18. The highest BCUT2D eigenvalue weighted by Crippen LogP contribution is 2.23. The molecule has 1 aliphatic rings. The van der Waals surface area contributed by atoms with E-state index in [9.17, 15) is 13.2 Å². The van der Waals surface area contributed by atoms with Crippen LogP contribution in [0.15, 0.2) is 54.6 Å². The molecule has 1 saturated heterocycles. The number of benzene rings is 2. The van der Waals surface area contributed by atoms with Crippen LogP contribution in [0.1, 0.15) is 23.2 Å². The summed E-state index contributed by atoms with van der Waals surface area (Å²) in [5.41, 5.74) is 2.72. The number of sulfone groups is 1. The smallest absolute Gasteiger partial charge is 0.254 e. The topological polar surface area (TPSA) is 63.7 Å². The molecule has 1 amide bonds. The third kappa shape index (κ3) is 4.96. The Morgan fingerprint density at radius 3 is 2.33 bits per heavy atom. The Morgan fingerprint density at radius 1 is 1.07 bits per heavy atom. The van der Waals surface area contributed by atoms with Crippen LogP contribution in [0.25, 0.3) is 11.1 Å². The molecule has 5 nitrogen and oxygen atoms in total. The average Bonchev–Trinajstić information content (AvgIpc) is 3.05. The largest absolute Gasteiger partial charge is 0.385 e. The molecule has 6 heteroatoms. The number of nitrogens with zero attached hydrogens (tertiary/aromatic N) is 1. The van der Waals surface area contributed by atoms with E-state index in [0.29, 0.717) is 31.6 Å². The highest BCUT2D eigenvalue weighted by atomic mass is 32.2. The van der Waals surface area contributed by atoms with Crippen LogP contribution in [0.3, 0.4) is 0 Å². The van der Waals surface area contributed by atoms with Gasteiger partial charge in [-0.15, -0.1) is 0 Å². The maximum atomic E-state index is 13.1. The summed E-state index contributed by atoms with van der Waals surface area (Å²) in [4.78, 5) is 14.8. The van der Waals surface area contributed by atoms with Crippen molar-refractivity contribution in [1.29, 1.82) is 0 Å². The molecule has 0 saturated carbocycles. The first-order valence-corrected chi connectivity index (χ1v) is 11.0. The molecule has 0 N–H and O–H groups in total. The van der Waals surface area contributed by atoms with Gasteiger partial charge in [0.05, 0.1) is 11.5 Å². The molecule has 0 spiro atoms. The molecular weight excluding hydrogens is 362 g/mol. The molecular formula is C21H25NO4S. The molecule has 0 radical (unpaired) electrons. The molecule has 144 valence electrons. The highest BCUT2D eigenvalue weighted by Gasteiger charge is 2.34. The van der Waals surface area contributed by atoms with Gasteiger partial charge in [-0.1, -0.05) is 42.5 Å². The summed E-state index contributed by atoms with van der Waals surface area (Å²) in [6.45, 7) is 1.03. The lowest BCUT2D eigenvalue weighted by Gasteiger charge is -2.28. The predicted octanol–water partition coefficient (Wildman–Crippen LogP) is 3.02. The second kappa shape index (κ2) is 8.67. The zero-order chi connectivity index (χ0) is 19.3. The average molecular weight is 388 g/mol. The van der Waals surface area contributed by atoms with Gasteiger partial charge in [-0.25, -0.2) is 8.42 Å². The van der Waals surface area contributed by atoms with Crippen molar-refractivity contribution in [1.82, 2.24) is 4.90 Å². The summed E-state index contributed by atoms with van der Waals surface area (Å²) in [5.74, 6) is 0.0831. The molecule has 0 bridgehead atoms. The van der Waals surface area contributed by atoms with Gasteiger partial charge < -0.3 is 9.64 Å². The van der Waals surface area contributed by atoms with Crippen LogP contribution in [0.4, 0.5) is 0 Å². The van der Waals surface area contributed by atoms with E-state index < -0.39 is 9.84 Å². The van der Waals surface area contributed by atoms with Crippen molar-refractivity contribution in [2.24, 2.45) is 0 Å². The fourth-order valence-electron chi connectivity index (χ4n) is 3.45. The maximum Gasteiger partial charge on any atom is 0.254 e. The normalized spacial score (nSPS) is 18.3. The molecule has 1 fully saturated rings. The Bertz CT molecular complexity index is 863. The van der Waals surface area contributed by atoms with E-state index in [2.05, 4.69) is 0 Å². The Labute approximate surface area is 160 Å². The van der Waals surface area contributed by atoms with Crippen molar-refractivity contribution in [2.45, 2.75) is 18.9 Å². The first kappa shape index (κ1) is 19.6. The lowest BCUT2D eigenvalue weighted by Crippen LogP contribution is -2.42. The predicted molar refractivity (Wildman–Crippen MR) is 106 cm³/mol. The van der Waals surface area contributed by atoms with Crippen molar-refractivity contribution < 1.29 is 17.9 Å². The summed E-state index contributed by atoms with van der Waals surface area (Å²) in [6, 6.07) is 17.2. The Kier molecular flexibility index (Phi) is 6.29. The van der Waals surface area contributed by atoms with Gasteiger partial charge >= 0.3 is 0 Å². The van der Waals surface area contributed by atoms with Gasteiger partial charge in [0.2, 0.25) is 0 Å². The number of carbonyl (C=O) groups is 1. The zero-order valence-electron chi connectivity index (χ0n) is 15.5. The van der Waals surface area contributed by atoms with E-state index in [0.717, 1.165) is 11.1 Å². The molecule has 2 aromatic carbocycles. The second-order valence-corrected chi connectivity index (χ2v) is 9.07. The lowest BCUT2D eigenvalue weighted by molar-refractivity contribution is 0.0674. The minimum Gasteiger partial charge on any atom is -0.385 e. The number of hydrogen-bond donors (Lipinski definition) is 0. The Morgan fingerprint density at radius 2 is 1.74 bits per heavy atom. The third-order valence-corrected chi connectivity index (χ3v) is 6.65. The molecule has 2 aromatic rings. The number of ether oxygens (including phenoxy) is 1. The van der Waals surface area contributed by atoms with E-state index >= 15 is 0 Å².